The summed E-state index contributed by atoms with van der Waals surface area (Å²) in [4.78, 5) is 25.8. The van der Waals surface area contributed by atoms with Gasteiger partial charge in [0, 0.05) is 17.4 Å². The molecule has 1 aromatic carbocycles. The zero-order valence-electron chi connectivity index (χ0n) is 11.8. The van der Waals surface area contributed by atoms with E-state index in [1.807, 2.05) is 19.9 Å². The first-order chi connectivity index (χ1) is 9.38. The molecule has 1 heterocycles. The van der Waals surface area contributed by atoms with Crippen molar-refractivity contribution in [3.8, 4) is 0 Å². The number of carboxylic acids is 1. The molecule has 106 valence electrons. The maximum Gasteiger partial charge on any atom is 0.308 e. The van der Waals surface area contributed by atoms with E-state index < -0.39 is 11.9 Å². The molecule has 1 unspecified atom stereocenters. The molecule has 3 N–H and O–H groups in total. The van der Waals surface area contributed by atoms with Crippen LogP contribution in [0.5, 0.6) is 0 Å². The fraction of sp³-hybridized carbons (Fsp3) is 0.333. The van der Waals surface area contributed by atoms with E-state index in [4.69, 9.17) is 5.11 Å². The monoisotopic (exact) mass is 274 g/mol. The highest BCUT2D eigenvalue weighted by atomic mass is 16.4. The number of carboxylic acid groups (broad SMARTS) is 1. The average molecular weight is 274 g/mol. The van der Waals surface area contributed by atoms with Crippen molar-refractivity contribution in [1.82, 2.24) is 10.3 Å². The van der Waals surface area contributed by atoms with Crippen LogP contribution >= 0.6 is 0 Å². The number of amides is 1. The SMILES string of the molecule is Cc1cc(C)c2cc(C(=O)NCC(C)C(=O)O)[nH]c2c1. The van der Waals surface area contributed by atoms with Crippen molar-refractivity contribution in [2.75, 3.05) is 6.54 Å². The summed E-state index contributed by atoms with van der Waals surface area (Å²) in [6, 6.07) is 5.84. The summed E-state index contributed by atoms with van der Waals surface area (Å²) >= 11 is 0. The van der Waals surface area contributed by atoms with Crippen LogP contribution in [0.15, 0.2) is 18.2 Å². The quantitative estimate of drug-likeness (QED) is 0.799. The predicted octanol–water partition coefficient (Wildman–Crippen LogP) is 2.24. The van der Waals surface area contributed by atoms with Gasteiger partial charge in [0.05, 0.1) is 5.92 Å². The van der Waals surface area contributed by atoms with Crippen molar-refractivity contribution in [2.45, 2.75) is 20.8 Å². The standard InChI is InChI=1S/C15H18N2O3/c1-8-4-9(2)11-6-13(17-12(11)5-8)14(18)16-7-10(3)15(19)20/h4-6,10,17H,7H2,1-3H3,(H,16,18)(H,19,20). The Labute approximate surface area is 117 Å². The molecule has 1 amide bonds. The Bertz CT molecular complexity index is 673. The molecule has 0 aliphatic carbocycles. The highest BCUT2D eigenvalue weighted by Crippen LogP contribution is 2.21. The molecule has 2 rings (SSSR count). The zero-order valence-corrected chi connectivity index (χ0v) is 11.8. The molecule has 5 nitrogen and oxygen atoms in total. The molecule has 20 heavy (non-hydrogen) atoms. The summed E-state index contributed by atoms with van der Waals surface area (Å²) in [5, 5.41) is 12.4. The Kier molecular flexibility index (Phi) is 3.79. The number of carbonyl (C=O) groups is 2. The third-order valence-corrected chi connectivity index (χ3v) is 3.32. The minimum Gasteiger partial charge on any atom is -0.481 e. The molecule has 0 radical (unpaired) electrons. The van der Waals surface area contributed by atoms with Crippen LogP contribution in [0.4, 0.5) is 0 Å². The Morgan fingerprint density at radius 2 is 2.00 bits per heavy atom. The lowest BCUT2D eigenvalue weighted by Gasteiger charge is -2.06. The summed E-state index contributed by atoms with van der Waals surface area (Å²) in [5.41, 5.74) is 3.60. The van der Waals surface area contributed by atoms with Gasteiger partial charge < -0.3 is 15.4 Å². The Hall–Kier alpha value is -2.30. The second-order valence-electron chi connectivity index (χ2n) is 5.18. The summed E-state index contributed by atoms with van der Waals surface area (Å²) in [6.45, 7) is 5.67. The topological polar surface area (TPSA) is 82.2 Å². The van der Waals surface area contributed by atoms with Gasteiger partial charge in [0.15, 0.2) is 0 Å². The molecule has 1 aromatic heterocycles. The number of nitrogens with one attached hydrogen (secondary N) is 2. The molecule has 0 aliphatic heterocycles. The van der Waals surface area contributed by atoms with Crippen molar-refractivity contribution in [1.29, 1.82) is 0 Å². The van der Waals surface area contributed by atoms with Crippen LogP contribution in [0.2, 0.25) is 0 Å². The molecule has 2 aromatic rings. The maximum atomic E-state index is 12.0. The Morgan fingerprint density at radius 1 is 1.30 bits per heavy atom. The van der Waals surface area contributed by atoms with Crippen molar-refractivity contribution < 1.29 is 14.7 Å². The highest BCUT2D eigenvalue weighted by molar-refractivity contribution is 5.99. The van der Waals surface area contributed by atoms with Gasteiger partial charge in [-0.25, -0.2) is 0 Å². The van der Waals surface area contributed by atoms with Gasteiger partial charge in [0.1, 0.15) is 5.69 Å². The van der Waals surface area contributed by atoms with Crippen LogP contribution in [0, 0.1) is 19.8 Å². The lowest BCUT2D eigenvalue weighted by atomic mass is 10.1. The van der Waals surface area contributed by atoms with Gasteiger partial charge in [0.25, 0.3) is 5.91 Å². The molecule has 0 fully saturated rings. The van der Waals surface area contributed by atoms with E-state index in [0.29, 0.717) is 5.69 Å². The molecule has 0 saturated heterocycles. The largest absolute Gasteiger partial charge is 0.481 e. The van der Waals surface area contributed by atoms with Gasteiger partial charge in [-0.3, -0.25) is 9.59 Å². The first-order valence-electron chi connectivity index (χ1n) is 6.49. The number of aryl methyl sites for hydroxylation is 2. The highest BCUT2D eigenvalue weighted by Gasteiger charge is 2.15. The van der Waals surface area contributed by atoms with Crippen LogP contribution in [0.1, 0.15) is 28.5 Å². The number of aromatic amines is 1. The molecular formula is C15H18N2O3. The number of aliphatic carboxylic acids is 1. The summed E-state index contributed by atoms with van der Waals surface area (Å²) < 4.78 is 0. The van der Waals surface area contributed by atoms with Crippen molar-refractivity contribution in [3.05, 3.63) is 35.0 Å². The van der Waals surface area contributed by atoms with Crippen molar-refractivity contribution in [3.63, 3.8) is 0 Å². The number of hydrogen-bond acceptors (Lipinski definition) is 2. The Morgan fingerprint density at radius 3 is 2.65 bits per heavy atom. The van der Waals surface area contributed by atoms with E-state index in [0.717, 1.165) is 22.0 Å². The average Bonchev–Trinajstić information content (AvgIpc) is 2.79. The number of rotatable bonds is 4. The van der Waals surface area contributed by atoms with E-state index in [2.05, 4.69) is 16.4 Å². The molecule has 1 atom stereocenters. The molecule has 5 heteroatoms. The Balaban J connectivity index is 2.19. The van der Waals surface area contributed by atoms with Gasteiger partial charge in [-0.05, 0) is 37.1 Å². The molecule has 0 bridgehead atoms. The minimum absolute atomic E-state index is 0.113. The normalized spacial score (nSPS) is 12.3. The summed E-state index contributed by atoms with van der Waals surface area (Å²) in [7, 11) is 0. The lowest BCUT2D eigenvalue weighted by Crippen LogP contribution is -2.31. The van der Waals surface area contributed by atoms with E-state index in [1.165, 1.54) is 0 Å². The fourth-order valence-corrected chi connectivity index (χ4v) is 2.15. The second kappa shape index (κ2) is 5.36. The van der Waals surface area contributed by atoms with Gasteiger partial charge in [-0.15, -0.1) is 0 Å². The number of hydrogen-bond donors (Lipinski definition) is 3. The van der Waals surface area contributed by atoms with Crippen LogP contribution in [0.25, 0.3) is 10.9 Å². The predicted molar refractivity (Wildman–Crippen MR) is 76.9 cm³/mol. The number of fused-ring (bicyclic) bond motifs is 1. The number of carbonyl (C=O) groups excluding carboxylic acids is 1. The van der Waals surface area contributed by atoms with E-state index in [-0.39, 0.29) is 12.5 Å². The first-order valence-corrected chi connectivity index (χ1v) is 6.49. The van der Waals surface area contributed by atoms with Gasteiger partial charge in [-0.2, -0.15) is 0 Å². The van der Waals surface area contributed by atoms with Crippen molar-refractivity contribution >= 4 is 22.8 Å². The van der Waals surface area contributed by atoms with Crippen LogP contribution in [0.3, 0.4) is 0 Å². The zero-order chi connectivity index (χ0) is 14.9. The number of H-pyrrole nitrogens is 1. The molecule has 0 aliphatic rings. The molecular weight excluding hydrogens is 256 g/mol. The van der Waals surface area contributed by atoms with Gasteiger partial charge in [-0.1, -0.05) is 13.0 Å². The van der Waals surface area contributed by atoms with Crippen LogP contribution in [-0.2, 0) is 4.79 Å². The summed E-state index contributed by atoms with van der Waals surface area (Å²) in [5.74, 6) is -1.81. The number of aromatic nitrogens is 1. The van der Waals surface area contributed by atoms with E-state index in [9.17, 15) is 9.59 Å². The van der Waals surface area contributed by atoms with E-state index >= 15 is 0 Å². The fourth-order valence-electron chi connectivity index (χ4n) is 2.15. The van der Waals surface area contributed by atoms with E-state index in [1.54, 1.807) is 13.0 Å². The molecule has 0 saturated carbocycles. The number of benzene rings is 1. The van der Waals surface area contributed by atoms with Crippen LogP contribution < -0.4 is 5.32 Å². The lowest BCUT2D eigenvalue weighted by molar-refractivity contribution is -0.140. The second-order valence-corrected chi connectivity index (χ2v) is 5.18. The van der Waals surface area contributed by atoms with Crippen LogP contribution in [-0.4, -0.2) is 28.5 Å². The molecule has 0 spiro atoms. The smallest absolute Gasteiger partial charge is 0.308 e. The minimum atomic E-state index is -0.923. The maximum absolute atomic E-state index is 12.0. The van der Waals surface area contributed by atoms with Gasteiger partial charge >= 0.3 is 5.97 Å². The summed E-state index contributed by atoms with van der Waals surface area (Å²) in [6.07, 6.45) is 0. The van der Waals surface area contributed by atoms with Crippen molar-refractivity contribution in [2.24, 2.45) is 5.92 Å². The van der Waals surface area contributed by atoms with Gasteiger partial charge in [0.2, 0.25) is 0 Å². The first kappa shape index (κ1) is 14.1. The third kappa shape index (κ3) is 2.82. The third-order valence-electron chi connectivity index (χ3n) is 3.32.